The lowest BCUT2D eigenvalue weighted by Crippen LogP contribution is -2.49. The molecule has 0 spiro atoms. The summed E-state index contributed by atoms with van der Waals surface area (Å²) in [5, 5.41) is 10.6. The third-order valence-electron chi connectivity index (χ3n) is 6.81. The molecule has 3 heterocycles. The molecule has 1 saturated heterocycles. The standard InChI is InChI=1S/C23H26N2O6/c1-3-25-17-8-14-13-6-4-5-7-18(26)21(13)24-16(14)9-15(17)23(22(25)29,10-19(27)28)11-20-30-12(2)31-20/h8-9,12,20,24H,3-7,10-11H2,1-2H3,(H,27,28). The molecular formula is C23H26N2O6. The molecular weight excluding hydrogens is 400 g/mol. The van der Waals surface area contributed by atoms with E-state index in [1.54, 1.807) is 11.8 Å². The van der Waals surface area contributed by atoms with E-state index in [9.17, 15) is 19.5 Å². The van der Waals surface area contributed by atoms with Gasteiger partial charge in [-0.25, -0.2) is 0 Å². The van der Waals surface area contributed by atoms with Crippen LogP contribution in [0.5, 0.6) is 0 Å². The first-order chi connectivity index (χ1) is 14.8. The molecule has 164 valence electrons. The number of ketones is 1. The fraction of sp³-hybridized carbons (Fsp3) is 0.522. The van der Waals surface area contributed by atoms with Gasteiger partial charge in [0, 0.05) is 36.0 Å². The average molecular weight is 426 g/mol. The molecule has 2 aliphatic heterocycles. The van der Waals surface area contributed by atoms with Crippen molar-refractivity contribution in [3.8, 4) is 0 Å². The molecule has 3 aliphatic rings. The first kappa shape index (κ1) is 20.2. The number of carboxylic acids is 1. The average Bonchev–Trinajstić information content (AvgIpc) is 3.07. The number of aryl methyl sites for hydroxylation is 1. The van der Waals surface area contributed by atoms with Crippen LogP contribution >= 0.6 is 0 Å². The van der Waals surface area contributed by atoms with Crippen molar-refractivity contribution in [3.63, 3.8) is 0 Å². The summed E-state index contributed by atoms with van der Waals surface area (Å²) in [6.07, 6.45) is 1.94. The topological polar surface area (TPSA) is 109 Å². The Morgan fingerprint density at radius 2 is 2.00 bits per heavy atom. The lowest BCUT2D eigenvalue weighted by Gasteiger charge is -2.39. The molecule has 0 radical (unpaired) electrons. The molecule has 2 aromatic rings. The van der Waals surface area contributed by atoms with Crippen molar-refractivity contribution < 1.29 is 29.0 Å². The Kier molecular flexibility index (Phi) is 4.67. The monoisotopic (exact) mass is 426 g/mol. The Bertz CT molecular complexity index is 1100. The molecule has 1 aromatic heterocycles. The third kappa shape index (κ3) is 3.00. The van der Waals surface area contributed by atoms with E-state index in [-0.39, 0.29) is 30.8 Å². The van der Waals surface area contributed by atoms with Gasteiger partial charge in [-0.1, -0.05) is 0 Å². The number of nitrogens with zero attached hydrogens (tertiary/aromatic N) is 1. The van der Waals surface area contributed by atoms with Crippen LogP contribution in [-0.4, -0.2) is 46.9 Å². The minimum absolute atomic E-state index is 0.106. The maximum absolute atomic E-state index is 13.6. The number of hydrogen-bond acceptors (Lipinski definition) is 5. The fourth-order valence-corrected chi connectivity index (χ4v) is 5.42. The molecule has 1 unspecified atom stereocenters. The summed E-state index contributed by atoms with van der Waals surface area (Å²) < 4.78 is 11.2. The Morgan fingerprint density at radius 1 is 1.26 bits per heavy atom. The zero-order chi connectivity index (χ0) is 21.9. The van der Waals surface area contributed by atoms with Gasteiger partial charge in [-0.15, -0.1) is 0 Å². The quantitative estimate of drug-likeness (QED) is 0.711. The van der Waals surface area contributed by atoms with Crippen LogP contribution in [0.4, 0.5) is 5.69 Å². The van der Waals surface area contributed by atoms with Gasteiger partial charge in [-0.3, -0.25) is 14.4 Å². The van der Waals surface area contributed by atoms with Crippen molar-refractivity contribution in [2.45, 2.75) is 70.4 Å². The molecule has 1 amide bonds. The molecule has 1 atom stereocenters. The highest BCUT2D eigenvalue weighted by Gasteiger charge is 2.54. The first-order valence-corrected chi connectivity index (χ1v) is 10.9. The van der Waals surface area contributed by atoms with Crippen LogP contribution in [0.15, 0.2) is 12.1 Å². The van der Waals surface area contributed by atoms with Crippen LogP contribution in [0.3, 0.4) is 0 Å². The summed E-state index contributed by atoms with van der Waals surface area (Å²) in [5.41, 5.74) is 2.51. The summed E-state index contributed by atoms with van der Waals surface area (Å²) in [4.78, 5) is 43.0. The highest BCUT2D eigenvalue weighted by molar-refractivity contribution is 6.13. The normalized spacial score (nSPS) is 27.7. The lowest BCUT2D eigenvalue weighted by atomic mass is 9.75. The second-order valence-electron chi connectivity index (χ2n) is 8.70. The fourth-order valence-electron chi connectivity index (χ4n) is 5.42. The summed E-state index contributed by atoms with van der Waals surface area (Å²) in [6, 6.07) is 3.82. The predicted octanol–water partition coefficient (Wildman–Crippen LogP) is 3.27. The number of fused-ring (bicyclic) bond motifs is 4. The molecule has 0 bridgehead atoms. The van der Waals surface area contributed by atoms with Crippen LogP contribution in [0, 0.1) is 0 Å². The van der Waals surface area contributed by atoms with E-state index in [2.05, 4.69) is 4.98 Å². The lowest BCUT2D eigenvalue weighted by molar-refractivity contribution is -0.379. The van der Waals surface area contributed by atoms with Gasteiger partial charge in [0.05, 0.1) is 17.5 Å². The van der Waals surface area contributed by atoms with Gasteiger partial charge in [0.1, 0.15) is 0 Å². The number of H-pyrrole nitrogens is 1. The van der Waals surface area contributed by atoms with Gasteiger partial charge in [-0.2, -0.15) is 0 Å². The predicted molar refractivity (Wildman–Crippen MR) is 112 cm³/mol. The molecule has 8 heteroatoms. The number of aromatic nitrogens is 1. The summed E-state index contributed by atoms with van der Waals surface area (Å²) in [6.45, 7) is 4.06. The molecule has 0 saturated carbocycles. The Labute approximate surface area is 179 Å². The van der Waals surface area contributed by atoms with E-state index in [0.717, 1.165) is 35.7 Å². The van der Waals surface area contributed by atoms with Crippen molar-refractivity contribution >= 4 is 34.3 Å². The van der Waals surface area contributed by atoms with E-state index < -0.39 is 17.7 Å². The number of likely N-dealkylation sites (N-methyl/N-ethyl adjacent to an activating group) is 1. The molecule has 2 N–H and O–H groups in total. The number of hydrogen-bond donors (Lipinski definition) is 2. The summed E-state index contributed by atoms with van der Waals surface area (Å²) >= 11 is 0. The van der Waals surface area contributed by atoms with E-state index in [0.29, 0.717) is 29.9 Å². The number of benzene rings is 1. The van der Waals surface area contributed by atoms with Crippen LogP contribution in [0.1, 0.15) is 67.6 Å². The van der Waals surface area contributed by atoms with Crippen LogP contribution in [-0.2, 0) is 30.9 Å². The van der Waals surface area contributed by atoms with E-state index >= 15 is 0 Å². The maximum Gasteiger partial charge on any atom is 0.304 e. The largest absolute Gasteiger partial charge is 0.481 e. The van der Waals surface area contributed by atoms with Gasteiger partial charge in [-0.05, 0) is 56.4 Å². The highest BCUT2D eigenvalue weighted by atomic mass is 16.9. The van der Waals surface area contributed by atoms with E-state index in [1.165, 1.54) is 0 Å². The number of carbonyl (C=O) groups is 3. The number of aromatic amines is 1. The number of rotatable bonds is 5. The van der Waals surface area contributed by atoms with Crippen molar-refractivity contribution in [2.75, 3.05) is 11.4 Å². The van der Waals surface area contributed by atoms with Crippen LogP contribution in [0.2, 0.25) is 0 Å². The van der Waals surface area contributed by atoms with Gasteiger partial charge >= 0.3 is 5.97 Å². The maximum atomic E-state index is 13.6. The Balaban J connectivity index is 1.69. The van der Waals surface area contributed by atoms with Crippen LogP contribution < -0.4 is 4.90 Å². The molecule has 31 heavy (non-hydrogen) atoms. The summed E-state index contributed by atoms with van der Waals surface area (Å²) in [7, 11) is 0. The number of aliphatic carboxylic acids is 1. The van der Waals surface area contributed by atoms with Crippen molar-refractivity contribution in [1.82, 2.24) is 4.98 Å². The highest BCUT2D eigenvalue weighted by Crippen LogP contribution is 2.50. The minimum Gasteiger partial charge on any atom is -0.481 e. The number of anilines is 1. The van der Waals surface area contributed by atoms with E-state index in [4.69, 9.17) is 9.47 Å². The van der Waals surface area contributed by atoms with E-state index in [1.807, 2.05) is 19.1 Å². The molecule has 1 aromatic carbocycles. The van der Waals surface area contributed by atoms with Crippen molar-refractivity contribution in [1.29, 1.82) is 0 Å². The second-order valence-corrected chi connectivity index (χ2v) is 8.70. The number of carbonyl (C=O) groups excluding carboxylic acids is 2. The number of nitrogens with one attached hydrogen (secondary N) is 1. The molecule has 1 fully saturated rings. The van der Waals surface area contributed by atoms with Crippen LogP contribution in [0.25, 0.3) is 10.9 Å². The zero-order valence-electron chi connectivity index (χ0n) is 17.7. The second kappa shape index (κ2) is 7.17. The summed E-state index contributed by atoms with van der Waals surface area (Å²) in [5.74, 6) is -1.19. The Hall–Kier alpha value is -2.71. The Morgan fingerprint density at radius 3 is 2.68 bits per heavy atom. The molecule has 8 nitrogen and oxygen atoms in total. The van der Waals surface area contributed by atoms with Crippen molar-refractivity contribution in [2.24, 2.45) is 0 Å². The molecule has 1 aliphatic carbocycles. The zero-order valence-corrected chi connectivity index (χ0v) is 17.7. The number of Topliss-reactive ketones (excluding diaryl/α,β-unsaturated/α-hetero) is 1. The van der Waals surface area contributed by atoms with Crippen molar-refractivity contribution in [3.05, 3.63) is 29.0 Å². The van der Waals surface area contributed by atoms with Gasteiger partial charge < -0.3 is 24.5 Å². The molecule has 5 rings (SSSR count). The number of ether oxygens (including phenoxy) is 2. The minimum atomic E-state index is -1.28. The van der Waals surface area contributed by atoms with Gasteiger partial charge in [0.25, 0.3) is 0 Å². The third-order valence-corrected chi connectivity index (χ3v) is 6.81. The number of amides is 1. The number of carboxylic acid groups (broad SMARTS) is 1. The van der Waals surface area contributed by atoms with Gasteiger partial charge in [0.2, 0.25) is 5.91 Å². The van der Waals surface area contributed by atoms with Gasteiger partial charge in [0.15, 0.2) is 18.4 Å². The SMILES string of the molecule is CCN1C(=O)C(CC(=O)O)(CC2OC(C)O2)c2cc3[nH]c4c(c3cc21)CCCCC4=O. The first-order valence-electron chi connectivity index (χ1n) is 10.9. The smallest absolute Gasteiger partial charge is 0.304 e.